The number of pyridine rings is 1. The first kappa shape index (κ1) is 19.7. The Morgan fingerprint density at radius 1 is 1.14 bits per heavy atom. The first-order chi connectivity index (χ1) is 13.2. The molecule has 0 atom stereocenters. The van der Waals surface area contributed by atoms with Gasteiger partial charge < -0.3 is 4.74 Å². The fourth-order valence-electron chi connectivity index (χ4n) is 2.59. The van der Waals surface area contributed by atoms with E-state index in [1.54, 1.807) is 0 Å². The molecule has 2 heterocycles. The molecule has 0 aliphatic carbocycles. The minimum absolute atomic E-state index is 0.0571. The molecule has 0 aliphatic heterocycles. The van der Waals surface area contributed by atoms with E-state index in [2.05, 4.69) is 9.84 Å². The van der Waals surface area contributed by atoms with Crippen molar-refractivity contribution in [3.8, 4) is 11.4 Å². The van der Waals surface area contributed by atoms with Gasteiger partial charge in [-0.15, -0.1) is 0 Å². The Morgan fingerprint density at radius 3 is 2.39 bits per heavy atom. The van der Waals surface area contributed by atoms with E-state index in [4.69, 9.17) is 11.6 Å². The minimum Gasteiger partial charge on any atom is -0.462 e. The Bertz CT molecular complexity index is 1070. The molecular formula is C18H13ClF3N3O3. The second-order valence-electron chi connectivity index (χ2n) is 5.61. The highest BCUT2D eigenvalue weighted by Crippen LogP contribution is 2.34. The van der Waals surface area contributed by atoms with Gasteiger partial charge in [0.1, 0.15) is 5.56 Å². The molecule has 3 aromatic rings. The topological polar surface area (TPSA) is 66.1 Å². The molecule has 10 heteroatoms. The van der Waals surface area contributed by atoms with Crippen LogP contribution in [-0.4, -0.2) is 26.9 Å². The molecule has 0 N–H and O–H groups in total. The molecule has 0 amide bonds. The number of nitrogens with zero attached hydrogens (tertiary/aromatic N) is 3. The normalized spacial score (nSPS) is 11.5. The zero-order chi connectivity index (χ0) is 20.5. The average molecular weight is 412 g/mol. The van der Waals surface area contributed by atoms with Crippen LogP contribution in [0, 0.1) is 0 Å². The summed E-state index contributed by atoms with van der Waals surface area (Å²) in [6, 6.07) is 8.29. The number of hydrogen-bond acceptors (Lipinski definition) is 4. The first-order valence-corrected chi connectivity index (χ1v) is 8.41. The van der Waals surface area contributed by atoms with Gasteiger partial charge in [0.2, 0.25) is 0 Å². The van der Waals surface area contributed by atoms with E-state index >= 15 is 0 Å². The van der Waals surface area contributed by atoms with Crippen LogP contribution in [0.4, 0.5) is 13.2 Å². The largest absolute Gasteiger partial charge is 0.462 e. The Morgan fingerprint density at radius 2 is 1.79 bits per heavy atom. The van der Waals surface area contributed by atoms with Crippen molar-refractivity contribution in [3.63, 3.8) is 0 Å². The van der Waals surface area contributed by atoms with Crippen LogP contribution in [0.15, 0.2) is 53.6 Å². The highest BCUT2D eigenvalue weighted by atomic mass is 35.5. The van der Waals surface area contributed by atoms with Crippen LogP contribution in [0.1, 0.15) is 23.0 Å². The van der Waals surface area contributed by atoms with Gasteiger partial charge in [-0.2, -0.15) is 18.3 Å². The van der Waals surface area contributed by atoms with E-state index in [1.165, 1.54) is 54.1 Å². The van der Waals surface area contributed by atoms with Crippen molar-refractivity contribution in [2.24, 2.45) is 0 Å². The van der Waals surface area contributed by atoms with Crippen molar-refractivity contribution in [3.05, 3.63) is 75.4 Å². The number of carbonyl (C=O) groups is 1. The first-order valence-electron chi connectivity index (χ1n) is 8.03. The Labute approximate surface area is 161 Å². The third kappa shape index (κ3) is 3.79. The number of aromatic nitrogens is 3. The van der Waals surface area contributed by atoms with Crippen molar-refractivity contribution >= 4 is 17.6 Å². The van der Waals surface area contributed by atoms with Crippen LogP contribution >= 0.6 is 11.6 Å². The second-order valence-corrected chi connectivity index (χ2v) is 6.05. The molecule has 146 valence electrons. The van der Waals surface area contributed by atoms with Crippen molar-refractivity contribution in [1.82, 2.24) is 14.3 Å². The average Bonchev–Trinajstić information content (AvgIpc) is 3.10. The molecule has 0 saturated heterocycles. The molecule has 2 aromatic heterocycles. The quantitative estimate of drug-likeness (QED) is 0.611. The zero-order valence-electron chi connectivity index (χ0n) is 14.4. The molecule has 0 fully saturated rings. The molecule has 0 bridgehead atoms. The SMILES string of the molecule is CCOC(=O)c1cnn(-c2ccc(-n3cc(Cl)ccc3=O)cc2)c1C(F)(F)F. The summed E-state index contributed by atoms with van der Waals surface area (Å²) in [5, 5.41) is 4.02. The molecule has 6 nitrogen and oxygen atoms in total. The number of esters is 1. The van der Waals surface area contributed by atoms with E-state index in [1.807, 2.05) is 0 Å². The van der Waals surface area contributed by atoms with Crippen molar-refractivity contribution in [2.75, 3.05) is 6.61 Å². The van der Waals surface area contributed by atoms with Crippen molar-refractivity contribution < 1.29 is 22.7 Å². The Hall–Kier alpha value is -3.07. The maximum Gasteiger partial charge on any atom is 0.434 e. The smallest absolute Gasteiger partial charge is 0.434 e. The van der Waals surface area contributed by atoms with E-state index in [0.29, 0.717) is 15.4 Å². The summed E-state index contributed by atoms with van der Waals surface area (Å²) in [6.07, 6.45) is -2.62. The number of benzene rings is 1. The summed E-state index contributed by atoms with van der Waals surface area (Å²) in [5.74, 6) is -1.11. The van der Waals surface area contributed by atoms with E-state index < -0.39 is 23.4 Å². The molecule has 0 spiro atoms. The molecule has 0 aliphatic rings. The van der Waals surface area contributed by atoms with Gasteiger partial charge in [-0.05, 0) is 37.3 Å². The van der Waals surface area contributed by atoms with Crippen LogP contribution in [0.5, 0.6) is 0 Å². The van der Waals surface area contributed by atoms with Crippen LogP contribution in [0.25, 0.3) is 11.4 Å². The lowest BCUT2D eigenvalue weighted by atomic mass is 10.2. The van der Waals surface area contributed by atoms with Crippen LogP contribution in [0.2, 0.25) is 5.02 Å². The third-order valence-corrected chi connectivity index (χ3v) is 4.00. The van der Waals surface area contributed by atoms with Gasteiger partial charge in [0.05, 0.1) is 23.5 Å². The number of hydrogen-bond donors (Lipinski definition) is 0. The lowest BCUT2D eigenvalue weighted by Gasteiger charge is -2.13. The van der Waals surface area contributed by atoms with Gasteiger partial charge in [-0.25, -0.2) is 9.48 Å². The fourth-order valence-corrected chi connectivity index (χ4v) is 2.75. The summed E-state index contributed by atoms with van der Waals surface area (Å²) in [5.41, 5.74) is -1.80. The number of halogens is 4. The van der Waals surface area contributed by atoms with Gasteiger partial charge in [0.15, 0.2) is 5.69 Å². The number of carbonyl (C=O) groups excluding carboxylic acids is 1. The predicted molar refractivity (Wildman–Crippen MR) is 95.1 cm³/mol. The van der Waals surface area contributed by atoms with Gasteiger partial charge in [0, 0.05) is 18.0 Å². The van der Waals surface area contributed by atoms with Crippen LogP contribution < -0.4 is 5.56 Å². The van der Waals surface area contributed by atoms with Crippen LogP contribution in [0.3, 0.4) is 0 Å². The number of ether oxygens (including phenoxy) is 1. The monoisotopic (exact) mass is 411 g/mol. The minimum atomic E-state index is -4.83. The van der Waals surface area contributed by atoms with Gasteiger partial charge in [0.25, 0.3) is 5.56 Å². The summed E-state index contributed by atoms with van der Waals surface area (Å²) >= 11 is 5.88. The second kappa shape index (κ2) is 7.51. The summed E-state index contributed by atoms with van der Waals surface area (Å²) in [7, 11) is 0. The summed E-state index contributed by atoms with van der Waals surface area (Å²) in [6.45, 7) is 1.43. The van der Waals surface area contributed by atoms with Crippen molar-refractivity contribution in [1.29, 1.82) is 0 Å². The number of alkyl halides is 3. The summed E-state index contributed by atoms with van der Waals surface area (Å²) in [4.78, 5) is 23.8. The maximum absolute atomic E-state index is 13.5. The van der Waals surface area contributed by atoms with Gasteiger partial charge in [-0.3, -0.25) is 9.36 Å². The van der Waals surface area contributed by atoms with E-state index in [-0.39, 0.29) is 17.9 Å². The Balaban J connectivity index is 2.06. The fraction of sp³-hybridized carbons (Fsp3) is 0.167. The Kier molecular flexibility index (Phi) is 5.28. The molecule has 0 saturated carbocycles. The van der Waals surface area contributed by atoms with Gasteiger partial charge in [-0.1, -0.05) is 11.6 Å². The molecule has 3 rings (SSSR count). The van der Waals surface area contributed by atoms with E-state index in [9.17, 15) is 22.8 Å². The third-order valence-electron chi connectivity index (χ3n) is 3.78. The lowest BCUT2D eigenvalue weighted by Crippen LogP contribution is -2.19. The molecule has 0 unspecified atom stereocenters. The standard InChI is InChI=1S/C18H13ClF3N3O3/c1-2-28-17(27)14-9-23-25(16(14)18(20,21)22)13-6-4-12(5-7-13)24-10-11(19)3-8-15(24)26/h3-10H,2H2,1H3. The molecule has 28 heavy (non-hydrogen) atoms. The maximum atomic E-state index is 13.5. The lowest BCUT2D eigenvalue weighted by molar-refractivity contribution is -0.143. The summed E-state index contributed by atoms with van der Waals surface area (Å²) < 4.78 is 47.2. The molecular weight excluding hydrogens is 399 g/mol. The van der Waals surface area contributed by atoms with Crippen molar-refractivity contribution in [2.45, 2.75) is 13.1 Å². The molecule has 1 aromatic carbocycles. The highest BCUT2D eigenvalue weighted by molar-refractivity contribution is 6.30. The number of rotatable bonds is 4. The highest BCUT2D eigenvalue weighted by Gasteiger charge is 2.41. The predicted octanol–water partition coefficient (Wildman–Crippen LogP) is 3.87. The van der Waals surface area contributed by atoms with Gasteiger partial charge >= 0.3 is 12.1 Å². The zero-order valence-corrected chi connectivity index (χ0v) is 15.2. The van der Waals surface area contributed by atoms with E-state index in [0.717, 1.165) is 6.20 Å². The molecule has 0 radical (unpaired) electrons. The van der Waals surface area contributed by atoms with Crippen LogP contribution in [-0.2, 0) is 10.9 Å².